The minimum Gasteiger partial charge on any atom is -0.372 e. The first kappa shape index (κ1) is 13.9. The Balaban J connectivity index is 1.74. The molecule has 0 spiro atoms. The van der Waals surface area contributed by atoms with Gasteiger partial charge in [-0.05, 0) is 43.1 Å². The fourth-order valence-corrected chi connectivity index (χ4v) is 4.02. The van der Waals surface area contributed by atoms with Crippen molar-refractivity contribution in [2.75, 3.05) is 13.1 Å². The summed E-state index contributed by atoms with van der Waals surface area (Å²) in [5, 5.41) is 2.81. The second kappa shape index (κ2) is 5.71. The summed E-state index contributed by atoms with van der Waals surface area (Å²) in [7, 11) is 0. The van der Waals surface area contributed by atoms with Gasteiger partial charge in [-0.25, -0.2) is 0 Å². The largest absolute Gasteiger partial charge is 0.372 e. The average molecular weight is 308 g/mol. The lowest BCUT2D eigenvalue weighted by Gasteiger charge is -2.35. The number of morpholine rings is 1. The van der Waals surface area contributed by atoms with Crippen LogP contribution in [0.1, 0.15) is 18.7 Å². The highest BCUT2D eigenvalue weighted by atomic mass is 32.2. The number of thioether (sulfide) groups is 1. The zero-order chi connectivity index (χ0) is 14.1. The number of nitrogens with zero attached hydrogens (tertiary/aromatic N) is 2. The van der Waals surface area contributed by atoms with Crippen LogP contribution in [-0.4, -0.2) is 41.3 Å². The van der Waals surface area contributed by atoms with Crippen molar-refractivity contribution in [3.8, 4) is 0 Å². The van der Waals surface area contributed by atoms with Crippen molar-refractivity contribution in [1.82, 2.24) is 4.90 Å². The zero-order valence-corrected chi connectivity index (χ0v) is 13.0. The van der Waals surface area contributed by atoms with Crippen molar-refractivity contribution in [3.63, 3.8) is 0 Å². The molecule has 2 aliphatic heterocycles. The van der Waals surface area contributed by atoms with Crippen LogP contribution < -0.4 is 0 Å². The standard InChI is InChI=1S/C14H16N2O2S2/c1-9-7-16(8-10(2)18-9)14-15-13(17)12(20-14)6-11-4-3-5-19-11/h3-6,9-10H,7-8H2,1-2H3/b12-6-/t9-,10-/m0/s1. The first-order valence-electron chi connectivity index (χ1n) is 6.58. The molecule has 0 unspecified atom stereocenters. The van der Waals surface area contributed by atoms with Crippen LogP contribution in [-0.2, 0) is 9.53 Å². The lowest BCUT2D eigenvalue weighted by molar-refractivity contribution is -0.113. The van der Waals surface area contributed by atoms with Crippen molar-refractivity contribution in [2.45, 2.75) is 26.1 Å². The van der Waals surface area contributed by atoms with E-state index in [9.17, 15) is 4.79 Å². The van der Waals surface area contributed by atoms with Crippen LogP contribution in [0.15, 0.2) is 27.4 Å². The molecule has 1 saturated heterocycles. The fourth-order valence-electron chi connectivity index (χ4n) is 2.37. The molecule has 0 saturated carbocycles. The zero-order valence-electron chi connectivity index (χ0n) is 11.4. The van der Waals surface area contributed by atoms with E-state index in [-0.39, 0.29) is 18.1 Å². The number of hydrogen-bond donors (Lipinski definition) is 0. The summed E-state index contributed by atoms with van der Waals surface area (Å²) in [6, 6.07) is 3.98. The van der Waals surface area contributed by atoms with E-state index in [0.29, 0.717) is 4.91 Å². The van der Waals surface area contributed by atoms with Gasteiger partial charge >= 0.3 is 0 Å². The first-order chi connectivity index (χ1) is 9.61. The molecule has 3 rings (SSSR count). The van der Waals surface area contributed by atoms with Crippen LogP contribution in [0.5, 0.6) is 0 Å². The molecule has 6 heteroatoms. The van der Waals surface area contributed by atoms with Crippen molar-refractivity contribution < 1.29 is 9.53 Å². The molecule has 1 aromatic rings. The number of rotatable bonds is 1. The Labute approximate surface area is 126 Å². The van der Waals surface area contributed by atoms with Gasteiger partial charge in [-0.1, -0.05) is 6.07 Å². The van der Waals surface area contributed by atoms with E-state index < -0.39 is 0 Å². The molecule has 0 aliphatic carbocycles. The number of aliphatic imine (C=N–C) groups is 1. The Morgan fingerprint density at radius 3 is 2.80 bits per heavy atom. The van der Waals surface area contributed by atoms with Crippen molar-refractivity contribution in [1.29, 1.82) is 0 Å². The van der Waals surface area contributed by atoms with Crippen LogP contribution >= 0.6 is 23.1 Å². The maximum absolute atomic E-state index is 12.0. The predicted molar refractivity (Wildman–Crippen MR) is 83.9 cm³/mol. The number of carbonyl (C=O) groups excluding carboxylic acids is 1. The molecule has 2 aliphatic rings. The van der Waals surface area contributed by atoms with E-state index in [1.54, 1.807) is 11.3 Å². The van der Waals surface area contributed by atoms with Crippen LogP contribution in [0.25, 0.3) is 6.08 Å². The molecule has 4 nitrogen and oxygen atoms in total. The average Bonchev–Trinajstić information content (AvgIpc) is 3.00. The van der Waals surface area contributed by atoms with E-state index in [1.165, 1.54) is 11.8 Å². The monoisotopic (exact) mass is 308 g/mol. The normalized spacial score (nSPS) is 29.1. The Kier molecular flexibility index (Phi) is 3.96. The summed E-state index contributed by atoms with van der Waals surface area (Å²) in [6.45, 7) is 5.67. The molecule has 0 aromatic carbocycles. The fraction of sp³-hybridized carbons (Fsp3) is 0.429. The van der Waals surface area contributed by atoms with Gasteiger partial charge in [0.1, 0.15) is 0 Å². The third kappa shape index (κ3) is 2.97. The van der Waals surface area contributed by atoms with Crippen molar-refractivity contribution in [2.24, 2.45) is 4.99 Å². The second-order valence-electron chi connectivity index (χ2n) is 4.99. The number of hydrogen-bond acceptors (Lipinski definition) is 5. The van der Waals surface area contributed by atoms with E-state index in [4.69, 9.17) is 4.74 Å². The third-order valence-electron chi connectivity index (χ3n) is 3.12. The lowest BCUT2D eigenvalue weighted by Crippen LogP contribution is -2.47. The summed E-state index contributed by atoms with van der Waals surface area (Å²) in [4.78, 5) is 20.1. The molecule has 2 atom stereocenters. The molecule has 1 aromatic heterocycles. The van der Waals surface area contributed by atoms with Gasteiger partial charge < -0.3 is 9.64 Å². The summed E-state index contributed by atoms with van der Waals surface area (Å²) in [6.07, 6.45) is 2.26. The Bertz CT molecular complexity index is 556. The van der Waals surface area contributed by atoms with Crippen LogP contribution in [0.4, 0.5) is 0 Å². The summed E-state index contributed by atoms with van der Waals surface area (Å²) in [5.74, 6) is -0.134. The Morgan fingerprint density at radius 1 is 1.40 bits per heavy atom. The van der Waals surface area contributed by atoms with Crippen LogP contribution in [0, 0.1) is 0 Å². The molecular weight excluding hydrogens is 292 g/mol. The third-order valence-corrected chi connectivity index (χ3v) is 4.98. The molecule has 20 heavy (non-hydrogen) atoms. The number of amides is 1. The lowest BCUT2D eigenvalue weighted by atomic mass is 10.2. The van der Waals surface area contributed by atoms with Crippen molar-refractivity contribution in [3.05, 3.63) is 27.3 Å². The summed E-state index contributed by atoms with van der Waals surface area (Å²) < 4.78 is 5.71. The highest BCUT2D eigenvalue weighted by molar-refractivity contribution is 8.18. The van der Waals surface area contributed by atoms with Gasteiger partial charge in [0.2, 0.25) is 0 Å². The number of carbonyl (C=O) groups is 1. The highest BCUT2D eigenvalue weighted by Crippen LogP contribution is 2.32. The van der Waals surface area contributed by atoms with E-state index in [1.807, 2.05) is 37.4 Å². The van der Waals surface area contributed by atoms with Gasteiger partial charge in [0.05, 0.1) is 17.1 Å². The summed E-state index contributed by atoms with van der Waals surface area (Å²) >= 11 is 3.09. The quantitative estimate of drug-likeness (QED) is 0.748. The van der Waals surface area contributed by atoms with Crippen molar-refractivity contribution >= 4 is 40.2 Å². The SMILES string of the molecule is C[C@H]1CN(C2=NC(=O)/C(=C/c3cccs3)S2)C[C@H](C)O1. The first-order valence-corrected chi connectivity index (χ1v) is 8.28. The number of ether oxygens (including phenoxy) is 1. The number of amidine groups is 1. The van der Waals surface area contributed by atoms with E-state index in [0.717, 1.165) is 23.1 Å². The smallest absolute Gasteiger partial charge is 0.286 e. The minimum atomic E-state index is -0.134. The van der Waals surface area contributed by atoms with E-state index >= 15 is 0 Å². The number of thiophene rings is 1. The molecule has 106 valence electrons. The highest BCUT2D eigenvalue weighted by Gasteiger charge is 2.30. The Hall–Kier alpha value is -1.11. The molecule has 1 fully saturated rings. The van der Waals surface area contributed by atoms with Gasteiger partial charge in [0, 0.05) is 18.0 Å². The van der Waals surface area contributed by atoms with E-state index in [2.05, 4.69) is 9.89 Å². The maximum atomic E-state index is 12.0. The molecule has 1 amide bonds. The summed E-state index contributed by atoms with van der Waals surface area (Å²) in [5.41, 5.74) is 0. The maximum Gasteiger partial charge on any atom is 0.286 e. The van der Waals surface area contributed by atoms with Gasteiger partial charge in [-0.3, -0.25) is 4.79 Å². The molecule has 0 bridgehead atoms. The minimum absolute atomic E-state index is 0.134. The molecule has 0 N–H and O–H groups in total. The van der Waals surface area contributed by atoms with Gasteiger partial charge in [-0.15, -0.1) is 11.3 Å². The van der Waals surface area contributed by atoms with Gasteiger partial charge in [0.15, 0.2) is 5.17 Å². The van der Waals surface area contributed by atoms with Gasteiger partial charge in [0.25, 0.3) is 5.91 Å². The van der Waals surface area contributed by atoms with Crippen LogP contribution in [0.2, 0.25) is 0 Å². The van der Waals surface area contributed by atoms with Gasteiger partial charge in [-0.2, -0.15) is 4.99 Å². The molecule has 0 radical (unpaired) electrons. The topological polar surface area (TPSA) is 41.9 Å². The second-order valence-corrected chi connectivity index (χ2v) is 6.98. The Morgan fingerprint density at radius 2 is 2.15 bits per heavy atom. The van der Waals surface area contributed by atoms with Crippen LogP contribution in [0.3, 0.4) is 0 Å². The molecule has 3 heterocycles. The predicted octanol–water partition coefficient (Wildman–Crippen LogP) is 2.83. The molecular formula is C14H16N2O2S2.